The Labute approximate surface area is 87.8 Å². The molecule has 0 saturated heterocycles. The van der Waals surface area contributed by atoms with Crippen LogP contribution in [0.2, 0.25) is 0 Å². The molecule has 0 unspecified atom stereocenters. The molecule has 1 amide bonds. The van der Waals surface area contributed by atoms with Crippen LogP contribution in [0.4, 0.5) is 17.1 Å². The first-order valence-corrected chi connectivity index (χ1v) is 5.04. The second-order valence-corrected chi connectivity index (χ2v) is 4.44. The smallest absolute Gasteiger partial charge is 0.237 e. The van der Waals surface area contributed by atoms with E-state index >= 15 is 0 Å². The molecule has 78 valence electrons. The maximum Gasteiger partial charge on any atom is 0.237 e. The molecule has 4 N–H and O–H groups in total. The molecule has 15 heavy (non-hydrogen) atoms. The van der Waals surface area contributed by atoms with Crippen molar-refractivity contribution in [1.82, 2.24) is 0 Å². The first-order valence-electron chi connectivity index (χ1n) is 5.04. The predicted octanol–water partition coefficient (Wildman–Crippen LogP) is 0.859. The largest absolute Gasteiger partial charge is 0.397 e. The average Bonchev–Trinajstić information content (AvgIpc) is 2.97. The first-order chi connectivity index (χ1) is 7.06. The topological polar surface area (TPSA) is 72.3 Å². The molecule has 0 aromatic heterocycles. The normalized spacial score (nSPS) is 20.9. The van der Waals surface area contributed by atoms with Crippen molar-refractivity contribution < 1.29 is 4.79 Å². The molecule has 1 aliphatic heterocycles. The Morgan fingerprint density at radius 2 is 1.87 bits per heavy atom. The Bertz CT molecular complexity index is 477. The SMILES string of the molecule is CN1C(=O)C2(CC2)c2cc(N)c(N)cc21. The van der Waals surface area contributed by atoms with E-state index in [1.807, 2.05) is 6.07 Å². The van der Waals surface area contributed by atoms with E-state index in [1.165, 1.54) is 0 Å². The second-order valence-electron chi connectivity index (χ2n) is 4.44. The number of rotatable bonds is 0. The molecule has 3 rings (SSSR count). The van der Waals surface area contributed by atoms with E-state index in [2.05, 4.69) is 0 Å². The standard InChI is InChI=1S/C11H13N3O/c1-14-9-5-8(13)7(12)4-6(9)11(2-3-11)10(14)15/h4-5H,2-3,12-13H2,1H3. The van der Waals surface area contributed by atoms with E-state index in [-0.39, 0.29) is 11.3 Å². The number of carbonyl (C=O) groups excluding carboxylic acids is 1. The third-order valence-electron chi connectivity index (χ3n) is 3.54. The molecular weight excluding hydrogens is 190 g/mol. The van der Waals surface area contributed by atoms with Gasteiger partial charge in [0.05, 0.1) is 16.8 Å². The minimum Gasteiger partial charge on any atom is -0.397 e. The molecular formula is C11H13N3O. The minimum absolute atomic E-state index is 0.183. The van der Waals surface area contributed by atoms with Crippen molar-refractivity contribution in [3.63, 3.8) is 0 Å². The number of nitrogens with zero attached hydrogens (tertiary/aromatic N) is 1. The highest BCUT2D eigenvalue weighted by Gasteiger charge is 2.58. The van der Waals surface area contributed by atoms with Crippen molar-refractivity contribution >= 4 is 23.0 Å². The molecule has 2 aliphatic rings. The van der Waals surface area contributed by atoms with Crippen LogP contribution in [0.1, 0.15) is 18.4 Å². The quantitative estimate of drug-likeness (QED) is 0.614. The number of fused-ring (bicyclic) bond motifs is 2. The number of nitrogen functional groups attached to an aromatic ring is 2. The molecule has 0 bridgehead atoms. The number of hydrogen-bond donors (Lipinski definition) is 2. The summed E-state index contributed by atoms with van der Waals surface area (Å²) < 4.78 is 0. The number of anilines is 3. The van der Waals surface area contributed by atoms with Gasteiger partial charge in [0.15, 0.2) is 0 Å². The number of likely N-dealkylation sites (N-methyl/N-ethyl adjacent to an activating group) is 1. The van der Waals surface area contributed by atoms with Gasteiger partial charge in [-0.25, -0.2) is 0 Å². The number of amides is 1. The van der Waals surface area contributed by atoms with Gasteiger partial charge in [-0.3, -0.25) is 4.79 Å². The number of nitrogens with two attached hydrogens (primary N) is 2. The van der Waals surface area contributed by atoms with Crippen molar-refractivity contribution in [2.75, 3.05) is 23.4 Å². The lowest BCUT2D eigenvalue weighted by atomic mass is 9.97. The Hall–Kier alpha value is -1.71. The number of hydrogen-bond acceptors (Lipinski definition) is 3. The molecule has 0 radical (unpaired) electrons. The van der Waals surface area contributed by atoms with Crippen LogP contribution in [0.25, 0.3) is 0 Å². The molecule has 1 spiro atoms. The van der Waals surface area contributed by atoms with Crippen molar-refractivity contribution in [3.8, 4) is 0 Å². The lowest BCUT2D eigenvalue weighted by Crippen LogP contribution is -2.27. The maximum absolute atomic E-state index is 12.0. The van der Waals surface area contributed by atoms with Crippen LogP contribution in [-0.2, 0) is 10.2 Å². The van der Waals surface area contributed by atoms with Gasteiger partial charge in [-0.05, 0) is 30.5 Å². The van der Waals surface area contributed by atoms with Crippen LogP contribution in [0, 0.1) is 0 Å². The number of carbonyl (C=O) groups is 1. The van der Waals surface area contributed by atoms with Crippen LogP contribution in [0.3, 0.4) is 0 Å². The summed E-state index contributed by atoms with van der Waals surface area (Å²) in [6.45, 7) is 0. The van der Waals surface area contributed by atoms with Crippen molar-refractivity contribution in [2.45, 2.75) is 18.3 Å². The van der Waals surface area contributed by atoms with E-state index in [0.717, 1.165) is 24.1 Å². The van der Waals surface area contributed by atoms with E-state index in [4.69, 9.17) is 11.5 Å². The van der Waals surface area contributed by atoms with Crippen LogP contribution in [-0.4, -0.2) is 13.0 Å². The van der Waals surface area contributed by atoms with Crippen LogP contribution < -0.4 is 16.4 Å². The third kappa shape index (κ3) is 0.843. The Morgan fingerprint density at radius 1 is 1.27 bits per heavy atom. The van der Waals surface area contributed by atoms with E-state index < -0.39 is 0 Å². The summed E-state index contributed by atoms with van der Waals surface area (Å²) in [5.74, 6) is 0.183. The zero-order valence-corrected chi connectivity index (χ0v) is 8.58. The monoisotopic (exact) mass is 203 g/mol. The highest BCUT2D eigenvalue weighted by Crippen LogP contribution is 2.57. The Kier molecular flexibility index (Phi) is 1.30. The first kappa shape index (κ1) is 8.59. The highest BCUT2D eigenvalue weighted by atomic mass is 16.2. The second kappa shape index (κ2) is 2.27. The van der Waals surface area contributed by atoms with Gasteiger partial charge in [0.2, 0.25) is 5.91 Å². The molecule has 4 nitrogen and oxygen atoms in total. The highest BCUT2D eigenvalue weighted by molar-refractivity contribution is 6.10. The van der Waals surface area contributed by atoms with Crippen molar-refractivity contribution in [1.29, 1.82) is 0 Å². The molecule has 0 atom stereocenters. The maximum atomic E-state index is 12.0. The fourth-order valence-corrected chi connectivity index (χ4v) is 2.44. The average molecular weight is 203 g/mol. The summed E-state index contributed by atoms with van der Waals surface area (Å²) in [5.41, 5.74) is 14.4. The zero-order valence-electron chi connectivity index (χ0n) is 8.58. The van der Waals surface area contributed by atoms with Gasteiger partial charge in [-0.15, -0.1) is 0 Å². The lowest BCUT2D eigenvalue weighted by molar-refractivity contribution is -0.119. The van der Waals surface area contributed by atoms with Crippen molar-refractivity contribution in [2.24, 2.45) is 0 Å². The van der Waals surface area contributed by atoms with Crippen LogP contribution in [0.5, 0.6) is 0 Å². The Morgan fingerprint density at radius 3 is 2.47 bits per heavy atom. The summed E-state index contributed by atoms with van der Waals surface area (Å²) >= 11 is 0. The number of benzene rings is 1. The summed E-state index contributed by atoms with van der Waals surface area (Å²) in [5, 5.41) is 0. The van der Waals surface area contributed by atoms with E-state index in [9.17, 15) is 4.79 Å². The van der Waals surface area contributed by atoms with Gasteiger partial charge >= 0.3 is 0 Å². The van der Waals surface area contributed by atoms with Gasteiger partial charge in [-0.2, -0.15) is 0 Å². The Balaban J connectivity index is 2.28. The van der Waals surface area contributed by atoms with Gasteiger partial charge in [-0.1, -0.05) is 0 Å². The summed E-state index contributed by atoms with van der Waals surface area (Å²) in [6.07, 6.45) is 1.87. The molecule has 1 heterocycles. The summed E-state index contributed by atoms with van der Waals surface area (Å²) in [6, 6.07) is 3.66. The van der Waals surface area contributed by atoms with E-state index in [1.54, 1.807) is 18.0 Å². The molecule has 1 aromatic rings. The van der Waals surface area contributed by atoms with Crippen LogP contribution >= 0.6 is 0 Å². The van der Waals surface area contributed by atoms with E-state index in [0.29, 0.717) is 11.4 Å². The molecule has 1 aliphatic carbocycles. The van der Waals surface area contributed by atoms with Gasteiger partial charge in [0, 0.05) is 12.7 Å². The summed E-state index contributed by atoms with van der Waals surface area (Å²) in [7, 11) is 1.80. The molecule has 4 heteroatoms. The van der Waals surface area contributed by atoms with Gasteiger partial charge in [0.25, 0.3) is 0 Å². The lowest BCUT2D eigenvalue weighted by Gasteiger charge is -2.11. The summed E-state index contributed by atoms with van der Waals surface area (Å²) in [4.78, 5) is 13.7. The van der Waals surface area contributed by atoms with Crippen LogP contribution in [0.15, 0.2) is 12.1 Å². The molecule has 1 aromatic carbocycles. The molecule has 1 saturated carbocycles. The van der Waals surface area contributed by atoms with Gasteiger partial charge in [0.1, 0.15) is 0 Å². The predicted molar refractivity (Wildman–Crippen MR) is 59.6 cm³/mol. The third-order valence-corrected chi connectivity index (χ3v) is 3.54. The van der Waals surface area contributed by atoms with Crippen molar-refractivity contribution in [3.05, 3.63) is 17.7 Å². The minimum atomic E-state index is -0.258. The zero-order chi connectivity index (χ0) is 10.8. The van der Waals surface area contributed by atoms with Gasteiger partial charge < -0.3 is 16.4 Å². The fourth-order valence-electron chi connectivity index (χ4n) is 2.44. The molecule has 1 fully saturated rings. The fraction of sp³-hybridized carbons (Fsp3) is 0.364.